The first-order valence-corrected chi connectivity index (χ1v) is 6.69. The van der Waals surface area contributed by atoms with Gasteiger partial charge in [-0.3, -0.25) is 0 Å². The molecule has 0 amide bonds. The van der Waals surface area contributed by atoms with Gasteiger partial charge in [0.25, 0.3) is 0 Å². The van der Waals surface area contributed by atoms with Crippen LogP contribution in [0.25, 0.3) is 11.5 Å². The van der Waals surface area contributed by atoms with Crippen molar-refractivity contribution in [2.24, 2.45) is 0 Å². The number of anilines is 1. The van der Waals surface area contributed by atoms with Gasteiger partial charge < -0.3 is 5.73 Å². The molecule has 98 valence electrons. The highest BCUT2D eigenvalue weighted by atomic mass is 15.0. The first-order valence-electron chi connectivity index (χ1n) is 6.69. The molecule has 0 spiro atoms. The minimum Gasteiger partial charge on any atom is -0.383 e. The van der Waals surface area contributed by atoms with Crippen LogP contribution in [0, 0.1) is 6.92 Å². The monoisotopic (exact) mass is 255 g/mol. The molecule has 19 heavy (non-hydrogen) atoms. The van der Waals surface area contributed by atoms with Crippen molar-refractivity contribution in [3.63, 3.8) is 0 Å². The molecule has 0 saturated carbocycles. The van der Waals surface area contributed by atoms with Gasteiger partial charge in [-0.2, -0.15) is 0 Å². The number of nitrogens with zero attached hydrogens (tertiary/aromatic N) is 4. The summed E-state index contributed by atoms with van der Waals surface area (Å²) < 4.78 is 0. The van der Waals surface area contributed by atoms with E-state index in [1.54, 1.807) is 6.20 Å². The summed E-state index contributed by atoms with van der Waals surface area (Å²) in [5, 5.41) is 0. The van der Waals surface area contributed by atoms with Crippen molar-refractivity contribution in [1.82, 2.24) is 19.9 Å². The second-order valence-corrected chi connectivity index (χ2v) is 4.91. The third-order valence-electron chi connectivity index (χ3n) is 3.47. The zero-order valence-corrected chi connectivity index (χ0v) is 11.1. The Hall–Kier alpha value is -2.04. The molecule has 0 aromatic carbocycles. The van der Waals surface area contributed by atoms with Gasteiger partial charge in [-0.15, -0.1) is 0 Å². The van der Waals surface area contributed by atoms with E-state index in [0.29, 0.717) is 11.6 Å². The standard InChI is InChI=1S/C14H17N5/c1-9-16-8-7-12(17-9)14-18-11-6-4-2-3-5-10(11)13(15)19-14/h7-8H,2-6H2,1H3,(H2,15,18,19). The van der Waals surface area contributed by atoms with Gasteiger partial charge in [0, 0.05) is 17.5 Å². The third kappa shape index (κ3) is 2.41. The maximum atomic E-state index is 6.09. The predicted octanol–water partition coefficient (Wildman–Crippen LogP) is 2.09. The molecule has 0 fully saturated rings. The molecule has 0 aliphatic heterocycles. The number of fused-ring (bicyclic) bond motifs is 1. The van der Waals surface area contributed by atoms with E-state index in [-0.39, 0.29) is 0 Å². The molecule has 0 radical (unpaired) electrons. The van der Waals surface area contributed by atoms with Gasteiger partial charge in [-0.25, -0.2) is 19.9 Å². The van der Waals surface area contributed by atoms with Crippen molar-refractivity contribution in [3.05, 3.63) is 29.3 Å². The number of nitrogen functional groups attached to an aromatic ring is 1. The SMILES string of the molecule is Cc1nccc(-c2nc(N)c3c(n2)CCCCC3)n1. The van der Waals surface area contributed by atoms with Crippen molar-refractivity contribution >= 4 is 5.82 Å². The van der Waals surface area contributed by atoms with E-state index in [9.17, 15) is 0 Å². The van der Waals surface area contributed by atoms with Crippen molar-refractivity contribution in [1.29, 1.82) is 0 Å². The molecule has 1 aliphatic carbocycles. The highest BCUT2D eigenvalue weighted by Gasteiger charge is 2.16. The first-order chi connectivity index (χ1) is 9.24. The van der Waals surface area contributed by atoms with E-state index >= 15 is 0 Å². The molecule has 2 aromatic heterocycles. The summed E-state index contributed by atoms with van der Waals surface area (Å²) in [5.41, 5.74) is 9.06. The molecule has 5 nitrogen and oxygen atoms in total. The third-order valence-corrected chi connectivity index (χ3v) is 3.47. The molecule has 2 aromatic rings. The van der Waals surface area contributed by atoms with Gasteiger partial charge in [0.1, 0.15) is 17.3 Å². The molecule has 5 heteroatoms. The smallest absolute Gasteiger partial charge is 0.180 e. The molecule has 0 bridgehead atoms. The Balaban J connectivity index is 2.09. The average Bonchev–Trinajstić information content (AvgIpc) is 2.64. The fraction of sp³-hybridized carbons (Fsp3) is 0.429. The summed E-state index contributed by atoms with van der Waals surface area (Å²) in [4.78, 5) is 17.5. The number of aromatic nitrogens is 4. The second-order valence-electron chi connectivity index (χ2n) is 4.91. The summed E-state index contributed by atoms with van der Waals surface area (Å²) in [7, 11) is 0. The van der Waals surface area contributed by atoms with Gasteiger partial charge in [-0.05, 0) is 38.7 Å². The van der Waals surface area contributed by atoms with Crippen LogP contribution in [0.15, 0.2) is 12.3 Å². The van der Waals surface area contributed by atoms with Crippen LogP contribution in [0.3, 0.4) is 0 Å². The van der Waals surface area contributed by atoms with Crippen molar-refractivity contribution in [2.45, 2.75) is 39.0 Å². The van der Waals surface area contributed by atoms with Crippen LogP contribution in [0.1, 0.15) is 36.3 Å². The number of rotatable bonds is 1. The minimum absolute atomic E-state index is 0.609. The Bertz CT molecular complexity index is 609. The van der Waals surface area contributed by atoms with Crippen LogP contribution < -0.4 is 5.73 Å². The Labute approximate surface area is 112 Å². The highest BCUT2D eigenvalue weighted by molar-refractivity contribution is 5.55. The summed E-state index contributed by atoms with van der Waals surface area (Å²) in [5.74, 6) is 1.94. The lowest BCUT2D eigenvalue weighted by molar-refractivity contribution is 0.709. The molecule has 1 aliphatic rings. The van der Waals surface area contributed by atoms with E-state index < -0.39 is 0 Å². The van der Waals surface area contributed by atoms with Crippen LogP contribution in [-0.4, -0.2) is 19.9 Å². The number of aryl methyl sites for hydroxylation is 2. The zero-order chi connectivity index (χ0) is 13.2. The topological polar surface area (TPSA) is 77.6 Å². The Morgan fingerprint density at radius 3 is 2.74 bits per heavy atom. The Kier molecular flexibility index (Phi) is 3.11. The number of hydrogen-bond donors (Lipinski definition) is 1. The van der Waals surface area contributed by atoms with Gasteiger partial charge in [-0.1, -0.05) is 6.42 Å². The number of hydrogen-bond acceptors (Lipinski definition) is 5. The fourth-order valence-corrected chi connectivity index (χ4v) is 2.50. The largest absolute Gasteiger partial charge is 0.383 e. The van der Waals surface area contributed by atoms with Crippen LogP contribution in [0.2, 0.25) is 0 Å². The van der Waals surface area contributed by atoms with Crippen LogP contribution in [0.4, 0.5) is 5.82 Å². The van der Waals surface area contributed by atoms with E-state index in [0.717, 1.165) is 35.6 Å². The summed E-state index contributed by atoms with van der Waals surface area (Å²) in [6.45, 7) is 1.86. The fourth-order valence-electron chi connectivity index (χ4n) is 2.50. The first kappa shape index (κ1) is 12.0. The van der Waals surface area contributed by atoms with E-state index in [2.05, 4.69) is 19.9 Å². The van der Waals surface area contributed by atoms with E-state index in [1.807, 2.05) is 13.0 Å². The maximum Gasteiger partial charge on any atom is 0.180 e. The normalized spacial score (nSPS) is 14.8. The van der Waals surface area contributed by atoms with Crippen molar-refractivity contribution in [2.75, 3.05) is 5.73 Å². The average molecular weight is 255 g/mol. The quantitative estimate of drug-likeness (QED) is 0.789. The van der Waals surface area contributed by atoms with Crippen LogP contribution >= 0.6 is 0 Å². The summed E-state index contributed by atoms with van der Waals surface area (Å²) in [6.07, 6.45) is 7.28. The molecule has 3 rings (SSSR count). The lowest BCUT2D eigenvalue weighted by Gasteiger charge is -2.10. The summed E-state index contributed by atoms with van der Waals surface area (Å²) in [6, 6.07) is 1.82. The lowest BCUT2D eigenvalue weighted by atomic mass is 10.1. The lowest BCUT2D eigenvalue weighted by Crippen LogP contribution is -2.07. The maximum absolute atomic E-state index is 6.09. The molecule has 0 saturated heterocycles. The Morgan fingerprint density at radius 1 is 1.05 bits per heavy atom. The predicted molar refractivity (Wildman–Crippen MR) is 73.5 cm³/mol. The van der Waals surface area contributed by atoms with E-state index in [1.165, 1.54) is 19.3 Å². The van der Waals surface area contributed by atoms with Gasteiger partial charge in [0.15, 0.2) is 5.82 Å². The number of nitrogens with two attached hydrogens (primary N) is 1. The van der Waals surface area contributed by atoms with Gasteiger partial charge in [0.2, 0.25) is 0 Å². The Morgan fingerprint density at radius 2 is 1.89 bits per heavy atom. The van der Waals surface area contributed by atoms with Crippen LogP contribution in [0.5, 0.6) is 0 Å². The summed E-state index contributed by atoms with van der Waals surface area (Å²) >= 11 is 0. The molecular formula is C14H17N5. The molecule has 2 heterocycles. The van der Waals surface area contributed by atoms with Crippen LogP contribution in [-0.2, 0) is 12.8 Å². The van der Waals surface area contributed by atoms with Crippen molar-refractivity contribution < 1.29 is 0 Å². The second kappa shape index (κ2) is 4.91. The molecular weight excluding hydrogens is 238 g/mol. The molecule has 0 unspecified atom stereocenters. The van der Waals surface area contributed by atoms with Gasteiger partial charge >= 0.3 is 0 Å². The van der Waals surface area contributed by atoms with E-state index in [4.69, 9.17) is 5.73 Å². The zero-order valence-electron chi connectivity index (χ0n) is 11.1. The highest BCUT2D eigenvalue weighted by Crippen LogP contribution is 2.25. The molecule has 2 N–H and O–H groups in total. The van der Waals surface area contributed by atoms with Gasteiger partial charge in [0.05, 0.1) is 0 Å². The van der Waals surface area contributed by atoms with Crippen molar-refractivity contribution in [3.8, 4) is 11.5 Å². The minimum atomic E-state index is 0.609. The molecule has 0 atom stereocenters.